The molecule has 2 N–H and O–H groups in total. The summed E-state index contributed by atoms with van der Waals surface area (Å²) < 4.78 is 1.77. The third-order valence-corrected chi connectivity index (χ3v) is 5.82. The average molecular weight is 422 g/mol. The number of hydrogen-bond donors (Lipinski definition) is 2. The predicted molar refractivity (Wildman–Crippen MR) is 116 cm³/mol. The molecule has 0 radical (unpaired) electrons. The Morgan fingerprint density at radius 1 is 1.10 bits per heavy atom. The van der Waals surface area contributed by atoms with Crippen molar-refractivity contribution in [1.29, 1.82) is 0 Å². The van der Waals surface area contributed by atoms with E-state index in [0.29, 0.717) is 6.54 Å². The zero-order valence-corrected chi connectivity index (χ0v) is 17.5. The van der Waals surface area contributed by atoms with Crippen LogP contribution in [0.25, 0.3) is 5.69 Å². The van der Waals surface area contributed by atoms with Gasteiger partial charge in [-0.25, -0.2) is 9.67 Å². The monoisotopic (exact) mass is 421 g/mol. The molecule has 1 aliphatic rings. The highest BCUT2D eigenvalue weighted by atomic mass is 32.2. The summed E-state index contributed by atoms with van der Waals surface area (Å²) in [6.45, 7) is 0.321. The molecule has 1 fully saturated rings. The number of carbonyl (C=O) groups is 2. The second-order valence-corrected chi connectivity index (χ2v) is 8.06. The minimum absolute atomic E-state index is 0.219. The van der Waals surface area contributed by atoms with Crippen molar-refractivity contribution in [2.24, 2.45) is 0 Å². The molecule has 0 bridgehead atoms. The number of aromatic nitrogens is 3. The summed E-state index contributed by atoms with van der Waals surface area (Å²) in [7, 11) is 0. The predicted octanol–water partition coefficient (Wildman–Crippen LogP) is 3.20. The standard InChI is InChI=1S/C22H23N5O2S/c1-30-18-10-8-17(9-11-18)27-14-15(13-24-27)12-23-21(28)19-6-3-7-20(26-19)22(29)25-16-4-2-5-16/h3,6-11,13-14,16H,2,4-5,12H2,1H3,(H,23,28)(H,25,29). The van der Waals surface area contributed by atoms with Crippen LogP contribution in [0, 0.1) is 0 Å². The largest absolute Gasteiger partial charge is 0.348 e. The lowest BCUT2D eigenvalue weighted by atomic mass is 9.93. The summed E-state index contributed by atoms with van der Waals surface area (Å²) in [6, 6.07) is 13.2. The molecule has 2 amide bonds. The maximum Gasteiger partial charge on any atom is 0.270 e. The van der Waals surface area contributed by atoms with Gasteiger partial charge in [0.1, 0.15) is 11.4 Å². The van der Waals surface area contributed by atoms with Crippen molar-refractivity contribution in [3.8, 4) is 5.69 Å². The van der Waals surface area contributed by atoms with Gasteiger partial charge in [0.25, 0.3) is 11.8 Å². The van der Waals surface area contributed by atoms with E-state index in [4.69, 9.17) is 0 Å². The lowest BCUT2D eigenvalue weighted by Gasteiger charge is -2.26. The van der Waals surface area contributed by atoms with Gasteiger partial charge < -0.3 is 10.6 Å². The molecule has 0 saturated heterocycles. The van der Waals surface area contributed by atoms with E-state index in [1.165, 1.54) is 4.90 Å². The van der Waals surface area contributed by atoms with E-state index >= 15 is 0 Å². The van der Waals surface area contributed by atoms with Crippen molar-refractivity contribution in [2.75, 3.05) is 6.26 Å². The van der Waals surface area contributed by atoms with E-state index in [1.54, 1.807) is 40.8 Å². The lowest BCUT2D eigenvalue weighted by molar-refractivity contribution is 0.0911. The number of nitrogens with zero attached hydrogens (tertiary/aromatic N) is 3. The van der Waals surface area contributed by atoms with E-state index in [-0.39, 0.29) is 29.2 Å². The summed E-state index contributed by atoms with van der Waals surface area (Å²) in [4.78, 5) is 30.2. The molecule has 0 aliphatic heterocycles. The Morgan fingerprint density at radius 2 is 1.83 bits per heavy atom. The van der Waals surface area contributed by atoms with Gasteiger partial charge in [-0.3, -0.25) is 9.59 Å². The summed E-state index contributed by atoms with van der Waals surface area (Å²) in [5.74, 6) is -0.562. The SMILES string of the molecule is CSc1ccc(-n2cc(CNC(=O)c3cccc(C(=O)NC4CCC4)n3)cn2)cc1. The highest BCUT2D eigenvalue weighted by molar-refractivity contribution is 7.98. The second kappa shape index (κ2) is 9.13. The van der Waals surface area contributed by atoms with Gasteiger partial charge in [-0.2, -0.15) is 5.10 Å². The zero-order valence-electron chi connectivity index (χ0n) is 16.7. The summed E-state index contributed by atoms with van der Waals surface area (Å²) >= 11 is 1.69. The minimum Gasteiger partial charge on any atom is -0.348 e. The number of pyridine rings is 1. The molecular weight excluding hydrogens is 398 g/mol. The molecule has 0 spiro atoms. The van der Waals surface area contributed by atoms with Gasteiger partial charge in [0.2, 0.25) is 0 Å². The Hall–Kier alpha value is -3.13. The molecule has 30 heavy (non-hydrogen) atoms. The first kappa shape index (κ1) is 20.2. The number of carbonyl (C=O) groups excluding carboxylic acids is 2. The summed E-state index contributed by atoms with van der Waals surface area (Å²) in [5.41, 5.74) is 2.31. The quantitative estimate of drug-likeness (QED) is 0.572. The molecule has 8 heteroatoms. The van der Waals surface area contributed by atoms with Gasteiger partial charge in [0.05, 0.1) is 11.9 Å². The van der Waals surface area contributed by atoms with Crippen molar-refractivity contribution in [1.82, 2.24) is 25.4 Å². The van der Waals surface area contributed by atoms with Crippen LogP contribution < -0.4 is 10.6 Å². The van der Waals surface area contributed by atoms with E-state index in [1.807, 2.05) is 36.7 Å². The number of nitrogens with one attached hydrogen (secondary N) is 2. The van der Waals surface area contributed by atoms with Crippen LogP contribution in [0.1, 0.15) is 45.8 Å². The molecule has 7 nitrogen and oxygen atoms in total. The molecule has 4 rings (SSSR count). The average Bonchev–Trinajstić information content (AvgIpc) is 3.23. The molecule has 0 unspecified atom stereocenters. The van der Waals surface area contributed by atoms with Gasteiger partial charge in [-0.15, -0.1) is 11.8 Å². The summed E-state index contributed by atoms with van der Waals surface area (Å²) in [6.07, 6.45) is 8.78. The Balaban J connectivity index is 1.36. The molecule has 3 aromatic rings. The van der Waals surface area contributed by atoms with E-state index in [0.717, 1.165) is 30.5 Å². The van der Waals surface area contributed by atoms with Crippen molar-refractivity contribution in [3.05, 3.63) is 71.8 Å². The van der Waals surface area contributed by atoms with Crippen LogP contribution in [0.2, 0.25) is 0 Å². The number of thioether (sulfide) groups is 1. The van der Waals surface area contributed by atoms with Crippen LogP contribution in [0.3, 0.4) is 0 Å². The topological polar surface area (TPSA) is 88.9 Å². The van der Waals surface area contributed by atoms with Crippen LogP contribution in [0.4, 0.5) is 0 Å². The van der Waals surface area contributed by atoms with Crippen LogP contribution in [-0.4, -0.2) is 38.9 Å². The maximum absolute atomic E-state index is 12.5. The van der Waals surface area contributed by atoms with Crippen LogP contribution in [-0.2, 0) is 6.54 Å². The van der Waals surface area contributed by atoms with Gasteiger partial charge in [0, 0.05) is 29.2 Å². The highest BCUT2D eigenvalue weighted by Crippen LogP contribution is 2.19. The molecular formula is C22H23N5O2S. The van der Waals surface area contributed by atoms with E-state index in [9.17, 15) is 9.59 Å². The molecule has 1 aromatic carbocycles. The Bertz CT molecular complexity index is 1040. The third kappa shape index (κ3) is 4.71. The van der Waals surface area contributed by atoms with Crippen LogP contribution >= 0.6 is 11.8 Å². The molecule has 2 aromatic heterocycles. The van der Waals surface area contributed by atoms with Crippen molar-refractivity contribution < 1.29 is 9.59 Å². The van der Waals surface area contributed by atoms with Crippen molar-refractivity contribution in [3.63, 3.8) is 0 Å². The maximum atomic E-state index is 12.5. The molecule has 1 aliphatic carbocycles. The third-order valence-electron chi connectivity index (χ3n) is 5.08. The highest BCUT2D eigenvalue weighted by Gasteiger charge is 2.21. The first-order valence-corrected chi connectivity index (χ1v) is 11.1. The molecule has 154 valence electrons. The molecule has 2 heterocycles. The van der Waals surface area contributed by atoms with E-state index < -0.39 is 0 Å². The number of benzene rings is 1. The lowest BCUT2D eigenvalue weighted by Crippen LogP contribution is -2.40. The van der Waals surface area contributed by atoms with Crippen molar-refractivity contribution >= 4 is 23.6 Å². The Labute approximate surface area is 179 Å². The van der Waals surface area contributed by atoms with Gasteiger partial charge in [-0.1, -0.05) is 6.07 Å². The number of amides is 2. The molecule has 0 atom stereocenters. The number of hydrogen-bond acceptors (Lipinski definition) is 5. The fraction of sp³-hybridized carbons (Fsp3) is 0.273. The number of rotatable bonds is 7. The molecule has 1 saturated carbocycles. The van der Waals surface area contributed by atoms with Gasteiger partial charge in [-0.05, 0) is 61.9 Å². The van der Waals surface area contributed by atoms with Gasteiger partial charge >= 0.3 is 0 Å². The smallest absolute Gasteiger partial charge is 0.270 e. The van der Waals surface area contributed by atoms with E-state index in [2.05, 4.69) is 20.7 Å². The van der Waals surface area contributed by atoms with Crippen molar-refractivity contribution in [2.45, 2.75) is 36.7 Å². The fourth-order valence-electron chi connectivity index (χ4n) is 3.10. The minimum atomic E-state index is -0.328. The first-order chi connectivity index (χ1) is 14.6. The van der Waals surface area contributed by atoms with Gasteiger partial charge in [0.15, 0.2) is 0 Å². The van der Waals surface area contributed by atoms with Crippen LogP contribution in [0.5, 0.6) is 0 Å². The van der Waals surface area contributed by atoms with Crippen LogP contribution in [0.15, 0.2) is 59.8 Å². The summed E-state index contributed by atoms with van der Waals surface area (Å²) in [5, 5.41) is 10.1. The second-order valence-electron chi connectivity index (χ2n) is 7.18. The fourth-order valence-corrected chi connectivity index (χ4v) is 3.51. The normalized spacial score (nSPS) is 13.5. The Kier molecular flexibility index (Phi) is 6.13. The first-order valence-electron chi connectivity index (χ1n) is 9.86. The Morgan fingerprint density at radius 3 is 2.50 bits per heavy atom. The zero-order chi connectivity index (χ0) is 20.9.